The summed E-state index contributed by atoms with van der Waals surface area (Å²) in [5.74, 6) is 0.498. The standard InChI is InChI=1S/C18H28N2O4/c1-17-9-7-13-11(12(17)4-6-15(17)20-24)3-5-14(19-23)18(13,2)10-8-16(21)22/h11-13,23-24H,3-10H2,1-2H3,(H,21,22)/b19-14+,20-15+. The molecule has 0 aliphatic heterocycles. The first kappa shape index (κ1) is 17.2. The van der Waals surface area contributed by atoms with Crippen LogP contribution >= 0.6 is 0 Å². The average Bonchev–Trinajstić information content (AvgIpc) is 2.90. The fraction of sp³-hybridized carbons (Fsp3) is 0.833. The summed E-state index contributed by atoms with van der Waals surface area (Å²) in [5, 5.41) is 35.1. The van der Waals surface area contributed by atoms with Crippen molar-refractivity contribution in [2.45, 2.75) is 65.2 Å². The van der Waals surface area contributed by atoms with Crippen molar-refractivity contribution < 1.29 is 20.3 Å². The van der Waals surface area contributed by atoms with Crippen LogP contribution in [0.2, 0.25) is 0 Å². The number of aliphatic carboxylic acids is 1. The zero-order valence-electron chi connectivity index (χ0n) is 14.5. The number of oxime groups is 2. The zero-order chi connectivity index (χ0) is 17.5. The average molecular weight is 336 g/mol. The number of nitrogens with zero attached hydrogens (tertiary/aromatic N) is 2. The predicted octanol–water partition coefficient (Wildman–Crippen LogP) is 3.75. The highest BCUT2D eigenvalue weighted by Crippen LogP contribution is 2.62. The lowest BCUT2D eigenvalue weighted by atomic mass is 9.49. The third-order valence-electron chi connectivity index (χ3n) is 7.47. The molecule has 24 heavy (non-hydrogen) atoms. The number of carbonyl (C=O) groups is 1. The van der Waals surface area contributed by atoms with Gasteiger partial charge in [0.05, 0.1) is 11.4 Å². The minimum atomic E-state index is -0.799. The van der Waals surface area contributed by atoms with E-state index in [-0.39, 0.29) is 17.3 Å². The van der Waals surface area contributed by atoms with Crippen molar-refractivity contribution in [1.82, 2.24) is 0 Å². The zero-order valence-corrected chi connectivity index (χ0v) is 14.5. The second-order valence-corrected chi connectivity index (χ2v) is 8.31. The molecule has 0 aromatic rings. The topological polar surface area (TPSA) is 102 Å². The first-order chi connectivity index (χ1) is 11.4. The van der Waals surface area contributed by atoms with E-state index in [4.69, 9.17) is 5.11 Å². The van der Waals surface area contributed by atoms with Gasteiger partial charge < -0.3 is 15.5 Å². The summed E-state index contributed by atoms with van der Waals surface area (Å²) >= 11 is 0. The minimum absolute atomic E-state index is 0.0303. The normalized spacial score (nSPS) is 45.2. The Labute approximate surface area is 142 Å². The molecule has 0 aromatic carbocycles. The van der Waals surface area contributed by atoms with E-state index in [2.05, 4.69) is 24.2 Å². The van der Waals surface area contributed by atoms with E-state index in [0.717, 1.165) is 49.9 Å². The third kappa shape index (κ3) is 2.42. The molecule has 0 radical (unpaired) electrons. The molecule has 3 fully saturated rings. The van der Waals surface area contributed by atoms with Gasteiger partial charge in [-0.15, -0.1) is 0 Å². The first-order valence-electron chi connectivity index (χ1n) is 9.01. The molecule has 3 saturated carbocycles. The number of carboxylic acids is 1. The molecule has 0 spiro atoms. The van der Waals surface area contributed by atoms with Crippen LogP contribution in [0, 0.1) is 28.6 Å². The molecule has 0 bridgehead atoms. The fourth-order valence-electron chi connectivity index (χ4n) is 6.10. The number of fused-ring (bicyclic) bond motifs is 3. The van der Waals surface area contributed by atoms with Gasteiger partial charge in [-0.2, -0.15) is 0 Å². The lowest BCUT2D eigenvalue weighted by Gasteiger charge is -2.55. The Morgan fingerprint density at radius 3 is 2.38 bits per heavy atom. The highest BCUT2D eigenvalue weighted by molar-refractivity contribution is 5.93. The van der Waals surface area contributed by atoms with Crippen molar-refractivity contribution in [3.63, 3.8) is 0 Å². The van der Waals surface area contributed by atoms with Crippen molar-refractivity contribution in [2.24, 2.45) is 38.9 Å². The summed E-state index contributed by atoms with van der Waals surface area (Å²) in [5.41, 5.74) is 1.32. The predicted molar refractivity (Wildman–Crippen MR) is 89.7 cm³/mol. The van der Waals surface area contributed by atoms with Crippen LogP contribution in [0.4, 0.5) is 0 Å². The number of hydrogen-bond acceptors (Lipinski definition) is 5. The molecule has 6 nitrogen and oxygen atoms in total. The van der Waals surface area contributed by atoms with Crippen LogP contribution in [0.3, 0.4) is 0 Å². The Balaban J connectivity index is 1.91. The van der Waals surface area contributed by atoms with Crippen molar-refractivity contribution in [2.75, 3.05) is 0 Å². The van der Waals surface area contributed by atoms with Gasteiger partial charge in [0, 0.05) is 17.3 Å². The number of rotatable bonds is 3. The summed E-state index contributed by atoms with van der Waals surface area (Å²) in [6, 6.07) is 0. The van der Waals surface area contributed by atoms with Crippen LogP contribution in [-0.4, -0.2) is 32.9 Å². The van der Waals surface area contributed by atoms with E-state index in [1.54, 1.807) is 0 Å². The molecule has 134 valence electrons. The van der Waals surface area contributed by atoms with E-state index >= 15 is 0 Å². The summed E-state index contributed by atoms with van der Waals surface area (Å²) in [6.07, 6.45) is 6.14. The molecule has 5 atom stereocenters. The third-order valence-corrected chi connectivity index (χ3v) is 7.47. The highest BCUT2D eigenvalue weighted by Gasteiger charge is 2.58. The van der Waals surface area contributed by atoms with Gasteiger partial charge in [0.2, 0.25) is 0 Å². The van der Waals surface area contributed by atoms with Crippen LogP contribution in [0.5, 0.6) is 0 Å². The molecule has 6 heteroatoms. The van der Waals surface area contributed by atoms with Crippen LogP contribution in [-0.2, 0) is 4.79 Å². The van der Waals surface area contributed by atoms with Gasteiger partial charge in [-0.3, -0.25) is 4.79 Å². The number of carboxylic acid groups (broad SMARTS) is 1. The molecule has 3 aliphatic rings. The Kier molecular flexibility index (Phi) is 4.34. The molecule has 0 heterocycles. The molecule has 3 rings (SSSR count). The van der Waals surface area contributed by atoms with E-state index in [1.165, 1.54) is 0 Å². The molecule has 3 N–H and O–H groups in total. The minimum Gasteiger partial charge on any atom is -0.481 e. The van der Waals surface area contributed by atoms with Gasteiger partial charge in [-0.05, 0) is 62.7 Å². The molecule has 0 amide bonds. The SMILES string of the molecule is CC1(CCC(=O)O)/C(=N/O)CCC2C1CCC1(C)/C(=N/O)CCC21. The summed E-state index contributed by atoms with van der Waals surface area (Å²) in [4.78, 5) is 11.1. The van der Waals surface area contributed by atoms with E-state index in [9.17, 15) is 15.2 Å². The molecule has 0 saturated heterocycles. The molecule has 0 aromatic heterocycles. The van der Waals surface area contributed by atoms with E-state index < -0.39 is 5.97 Å². The summed E-state index contributed by atoms with van der Waals surface area (Å²) in [7, 11) is 0. The lowest BCUT2D eigenvalue weighted by Crippen LogP contribution is -2.52. The largest absolute Gasteiger partial charge is 0.481 e. The smallest absolute Gasteiger partial charge is 0.303 e. The highest BCUT2D eigenvalue weighted by atomic mass is 16.4. The van der Waals surface area contributed by atoms with Crippen molar-refractivity contribution in [3.8, 4) is 0 Å². The Morgan fingerprint density at radius 1 is 1.08 bits per heavy atom. The molecular formula is C18H28N2O4. The Hall–Kier alpha value is -1.59. The van der Waals surface area contributed by atoms with Crippen LogP contribution in [0.25, 0.3) is 0 Å². The van der Waals surface area contributed by atoms with Gasteiger partial charge in [0.1, 0.15) is 0 Å². The lowest BCUT2D eigenvalue weighted by molar-refractivity contribution is -0.137. The van der Waals surface area contributed by atoms with Gasteiger partial charge in [-0.1, -0.05) is 24.2 Å². The van der Waals surface area contributed by atoms with Crippen molar-refractivity contribution >= 4 is 17.4 Å². The molecule has 5 unspecified atom stereocenters. The maximum Gasteiger partial charge on any atom is 0.303 e. The van der Waals surface area contributed by atoms with Gasteiger partial charge >= 0.3 is 5.97 Å². The number of hydrogen-bond donors (Lipinski definition) is 3. The monoisotopic (exact) mass is 336 g/mol. The summed E-state index contributed by atoms with van der Waals surface area (Å²) < 4.78 is 0. The van der Waals surface area contributed by atoms with E-state index in [1.807, 2.05) is 0 Å². The fourth-order valence-corrected chi connectivity index (χ4v) is 6.10. The van der Waals surface area contributed by atoms with Crippen molar-refractivity contribution in [3.05, 3.63) is 0 Å². The van der Waals surface area contributed by atoms with Gasteiger partial charge in [0.25, 0.3) is 0 Å². The Morgan fingerprint density at radius 2 is 1.75 bits per heavy atom. The Bertz CT molecular complexity index is 588. The quantitative estimate of drug-likeness (QED) is 0.539. The van der Waals surface area contributed by atoms with Gasteiger partial charge in [-0.25, -0.2) is 0 Å². The van der Waals surface area contributed by atoms with Gasteiger partial charge in [0.15, 0.2) is 0 Å². The molecular weight excluding hydrogens is 308 g/mol. The van der Waals surface area contributed by atoms with Crippen molar-refractivity contribution in [1.29, 1.82) is 0 Å². The molecule has 3 aliphatic carbocycles. The maximum atomic E-state index is 11.1. The maximum absolute atomic E-state index is 11.1. The first-order valence-corrected chi connectivity index (χ1v) is 9.01. The van der Waals surface area contributed by atoms with Crippen LogP contribution in [0.1, 0.15) is 65.2 Å². The second kappa shape index (κ2) is 6.05. The van der Waals surface area contributed by atoms with Crippen LogP contribution in [0.15, 0.2) is 10.3 Å². The van der Waals surface area contributed by atoms with E-state index in [0.29, 0.717) is 24.2 Å². The van der Waals surface area contributed by atoms with Crippen LogP contribution < -0.4 is 0 Å². The summed E-state index contributed by atoms with van der Waals surface area (Å²) in [6.45, 7) is 4.31. The second-order valence-electron chi connectivity index (χ2n) is 8.31.